The third kappa shape index (κ3) is 6.73. The molecule has 4 unspecified atom stereocenters. The second-order valence-corrected chi connectivity index (χ2v) is 14.2. The molecule has 0 spiro atoms. The number of allylic oxidation sites excluding steroid dienone is 1. The lowest BCUT2D eigenvalue weighted by Crippen LogP contribution is -2.55. The minimum Gasteiger partial charge on any atom is -0.496 e. The van der Waals surface area contributed by atoms with Gasteiger partial charge in [-0.05, 0) is 74.1 Å². The number of fused-ring (bicyclic) bond motifs is 1. The van der Waals surface area contributed by atoms with E-state index in [4.69, 9.17) is 33.7 Å². The molecule has 1 saturated heterocycles. The average molecular weight is 698 g/mol. The predicted molar refractivity (Wildman–Crippen MR) is 183 cm³/mol. The zero-order chi connectivity index (χ0) is 34.1. The summed E-state index contributed by atoms with van der Waals surface area (Å²) < 4.78 is 5.52. The van der Waals surface area contributed by atoms with Gasteiger partial charge in [-0.25, -0.2) is 9.59 Å². The van der Waals surface area contributed by atoms with Crippen LogP contribution in [0.2, 0.25) is 10.0 Å². The largest absolute Gasteiger partial charge is 0.496 e. The van der Waals surface area contributed by atoms with Crippen molar-refractivity contribution < 1.29 is 29.3 Å². The lowest BCUT2D eigenvalue weighted by molar-refractivity contribution is -0.133. The van der Waals surface area contributed by atoms with Crippen molar-refractivity contribution in [2.75, 3.05) is 33.3 Å². The summed E-state index contributed by atoms with van der Waals surface area (Å²) in [4.78, 5) is 43.7. The molecule has 4 atom stereocenters. The van der Waals surface area contributed by atoms with Gasteiger partial charge < -0.3 is 30.8 Å². The van der Waals surface area contributed by atoms with Crippen LogP contribution in [0.1, 0.15) is 49.1 Å². The number of para-hydroxylation sites is 1. The molecule has 2 aliphatic carbocycles. The molecular formula is C36H42Cl2N4O6. The molecular weight excluding hydrogens is 655 g/mol. The van der Waals surface area contributed by atoms with Crippen molar-refractivity contribution in [2.24, 2.45) is 17.6 Å². The molecule has 256 valence electrons. The number of halogens is 2. The lowest BCUT2D eigenvalue weighted by atomic mass is 9.78. The van der Waals surface area contributed by atoms with Gasteiger partial charge in [-0.3, -0.25) is 9.80 Å². The summed E-state index contributed by atoms with van der Waals surface area (Å²) in [5.41, 5.74) is 7.22. The number of aliphatic carboxylic acids is 2. The molecule has 2 aliphatic heterocycles. The van der Waals surface area contributed by atoms with E-state index < -0.39 is 23.9 Å². The van der Waals surface area contributed by atoms with Crippen molar-refractivity contribution in [1.82, 2.24) is 15.1 Å². The number of aryl methyl sites for hydroxylation is 1. The van der Waals surface area contributed by atoms with Crippen molar-refractivity contribution in [1.29, 1.82) is 0 Å². The number of piperazine rings is 1. The van der Waals surface area contributed by atoms with Gasteiger partial charge in [-0.15, -0.1) is 0 Å². The number of carbonyl (C=O) groups excluding carboxylic acids is 1. The number of carboxylic acids is 2. The highest BCUT2D eigenvalue weighted by Crippen LogP contribution is 2.47. The summed E-state index contributed by atoms with van der Waals surface area (Å²) in [5.74, 6) is -2.00. The maximum Gasteiger partial charge on any atom is 0.334 e. The second kappa shape index (κ2) is 14.6. The number of carboxylic acid groups (broad SMARTS) is 2. The van der Waals surface area contributed by atoms with Crippen LogP contribution in [0.3, 0.4) is 0 Å². The number of nitrogens with one attached hydrogen (secondary N) is 1. The van der Waals surface area contributed by atoms with Crippen LogP contribution in [0.25, 0.3) is 0 Å². The van der Waals surface area contributed by atoms with Crippen molar-refractivity contribution in [3.63, 3.8) is 0 Å². The normalized spacial score (nSPS) is 27.0. The molecule has 2 aromatic rings. The molecule has 48 heavy (non-hydrogen) atoms. The first-order valence-corrected chi connectivity index (χ1v) is 17.3. The fraction of sp³-hybridized carbons (Fsp3) is 0.472. The summed E-state index contributed by atoms with van der Waals surface area (Å²) in [7, 11) is 1.57. The Bertz CT molecular complexity index is 1600. The number of aldehydes is 1. The Morgan fingerprint density at radius 3 is 2.15 bits per heavy atom. The van der Waals surface area contributed by atoms with E-state index in [0.29, 0.717) is 49.2 Å². The molecule has 2 heterocycles. The van der Waals surface area contributed by atoms with Gasteiger partial charge in [0.1, 0.15) is 18.1 Å². The Morgan fingerprint density at radius 1 is 0.938 bits per heavy atom. The predicted octanol–water partition coefficient (Wildman–Crippen LogP) is 4.70. The summed E-state index contributed by atoms with van der Waals surface area (Å²) in [6.45, 7) is 2.59. The molecule has 2 saturated carbocycles. The number of hydrogen-bond acceptors (Lipinski definition) is 8. The molecule has 0 amide bonds. The Morgan fingerprint density at radius 2 is 1.56 bits per heavy atom. The summed E-state index contributed by atoms with van der Waals surface area (Å²) in [6.07, 6.45) is 5.80. The maximum absolute atomic E-state index is 13.2. The van der Waals surface area contributed by atoms with Crippen LogP contribution in [-0.2, 0) is 20.8 Å². The zero-order valence-corrected chi connectivity index (χ0v) is 28.4. The number of ether oxygens (including phenoxy) is 1. The molecule has 0 bridgehead atoms. The summed E-state index contributed by atoms with van der Waals surface area (Å²) in [5, 5.41) is 24.8. The number of methoxy groups -OCH3 is 1. The standard InChI is InChI=1S/C36H42Cl2N4O6/c1-48-29-8-3-2-5-20(29)9-10-27-31(35(44)45)32(30-25(37)6-4-7-26(30)38)33(36(46)47)34(40-27)28(19-43)42-13-11-41(12-14-42)24-17-21-15-23(39)16-22(21)18-24/h2-8,19,21-24,28,32,40H,9-18,39H2,1H3,(H,44,45)(H,46,47). The third-order valence-corrected chi connectivity index (χ3v) is 11.4. The molecule has 6 rings (SSSR count). The number of carbonyl (C=O) groups is 3. The van der Waals surface area contributed by atoms with Gasteiger partial charge in [-0.2, -0.15) is 0 Å². The van der Waals surface area contributed by atoms with Gasteiger partial charge in [0.15, 0.2) is 0 Å². The number of benzene rings is 2. The van der Waals surface area contributed by atoms with Gasteiger partial charge in [0.2, 0.25) is 0 Å². The maximum atomic E-state index is 13.2. The monoisotopic (exact) mass is 696 g/mol. The van der Waals surface area contributed by atoms with Gasteiger partial charge >= 0.3 is 11.9 Å². The SMILES string of the molecule is COc1ccccc1CCC1=C(C(=O)O)C(c2c(Cl)cccc2Cl)C(C(=O)O)=C(C(C=O)N2CCN(C3CC4CC(N)CC4C3)CC2)N1. The molecule has 0 radical (unpaired) electrons. The van der Waals surface area contributed by atoms with E-state index in [1.54, 1.807) is 25.3 Å². The highest BCUT2D eigenvalue weighted by Gasteiger charge is 2.45. The van der Waals surface area contributed by atoms with Gasteiger partial charge in [-0.1, -0.05) is 47.5 Å². The molecule has 12 heteroatoms. The van der Waals surface area contributed by atoms with Crippen LogP contribution in [0, 0.1) is 11.8 Å². The van der Waals surface area contributed by atoms with Gasteiger partial charge in [0.05, 0.1) is 29.9 Å². The van der Waals surface area contributed by atoms with E-state index in [9.17, 15) is 24.6 Å². The first-order valence-electron chi connectivity index (χ1n) is 16.6. The van der Waals surface area contributed by atoms with Gasteiger partial charge in [0.25, 0.3) is 0 Å². The Labute approximate surface area is 290 Å². The Balaban J connectivity index is 1.35. The van der Waals surface area contributed by atoms with Crippen molar-refractivity contribution in [3.8, 4) is 5.75 Å². The minimum absolute atomic E-state index is 0.133. The molecule has 3 fully saturated rings. The number of nitrogens with two attached hydrogens (primary N) is 1. The highest BCUT2D eigenvalue weighted by molar-refractivity contribution is 6.36. The number of dihydropyridines is 1. The zero-order valence-electron chi connectivity index (χ0n) is 26.9. The molecule has 0 aromatic heterocycles. The Hall–Kier alpha value is -3.41. The van der Waals surface area contributed by atoms with E-state index >= 15 is 0 Å². The van der Waals surface area contributed by atoms with E-state index in [0.717, 1.165) is 50.6 Å². The van der Waals surface area contributed by atoms with Crippen LogP contribution < -0.4 is 15.8 Å². The van der Waals surface area contributed by atoms with Gasteiger partial charge in [0, 0.05) is 59.6 Å². The molecule has 4 aliphatic rings. The quantitative estimate of drug-likeness (QED) is 0.244. The van der Waals surface area contributed by atoms with E-state index in [2.05, 4.69) is 10.2 Å². The van der Waals surface area contributed by atoms with Crippen LogP contribution in [0.4, 0.5) is 0 Å². The van der Waals surface area contributed by atoms with Crippen LogP contribution >= 0.6 is 23.2 Å². The second-order valence-electron chi connectivity index (χ2n) is 13.4. The van der Waals surface area contributed by atoms with Crippen molar-refractivity contribution in [3.05, 3.63) is 86.2 Å². The van der Waals surface area contributed by atoms with Crippen molar-refractivity contribution in [2.45, 2.75) is 62.6 Å². The van der Waals surface area contributed by atoms with Crippen LogP contribution in [0.15, 0.2) is 65.0 Å². The van der Waals surface area contributed by atoms with E-state index in [1.807, 2.05) is 29.2 Å². The van der Waals surface area contributed by atoms with Crippen molar-refractivity contribution >= 4 is 41.4 Å². The Kier molecular flexibility index (Phi) is 10.5. The summed E-state index contributed by atoms with van der Waals surface area (Å²) in [6, 6.07) is 12.0. The lowest BCUT2D eigenvalue weighted by Gasteiger charge is -2.42. The first kappa shape index (κ1) is 34.5. The fourth-order valence-corrected chi connectivity index (χ4v) is 9.20. The molecule has 2 aromatic carbocycles. The fourth-order valence-electron chi connectivity index (χ4n) is 8.58. The van der Waals surface area contributed by atoms with E-state index in [1.165, 1.54) is 0 Å². The highest BCUT2D eigenvalue weighted by atomic mass is 35.5. The topological polar surface area (TPSA) is 145 Å². The number of hydrogen-bond donors (Lipinski definition) is 4. The first-order chi connectivity index (χ1) is 23.1. The van der Waals surface area contributed by atoms with Crippen LogP contribution in [0.5, 0.6) is 5.75 Å². The number of rotatable bonds is 11. The van der Waals surface area contributed by atoms with Crippen LogP contribution in [-0.4, -0.2) is 89.7 Å². The third-order valence-electron chi connectivity index (χ3n) is 10.8. The molecule has 5 N–H and O–H groups in total. The van der Waals surface area contributed by atoms with E-state index in [-0.39, 0.29) is 44.6 Å². The number of nitrogens with zero attached hydrogens (tertiary/aromatic N) is 2. The smallest absolute Gasteiger partial charge is 0.334 e. The summed E-state index contributed by atoms with van der Waals surface area (Å²) >= 11 is 13.3. The average Bonchev–Trinajstić information content (AvgIpc) is 3.61. The molecule has 10 nitrogen and oxygen atoms in total. The minimum atomic E-state index is -1.36.